The van der Waals surface area contributed by atoms with Crippen molar-refractivity contribution in [3.63, 3.8) is 0 Å². The number of ether oxygens (including phenoxy) is 3. The van der Waals surface area contributed by atoms with E-state index in [2.05, 4.69) is 10.0 Å². The molecule has 0 aliphatic rings. The Hall–Kier alpha value is -3.24. The van der Waals surface area contributed by atoms with Crippen LogP contribution in [0.25, 0.3) is 10.4 Å². The lowest BCUT2D eigenvalue weighted by Gasteiger charge is -2.32. The van der Waals surface area contributed by atoms with Crippen molar-refractivity contribution in [3.05, 3.63) is 118 Å². The van der Waals surface area contributed by atoms with Gasteiger partial charge in [-0.3, -0.25) is 4.18 Å². The van der Waals surface area contributed by atoms with Gasteiger partial charge in [-0.1, -0.05) is 96.1 Å². The van der Waals surface area contributed by atoms with Crippen LogP contribution in [0.1, 0.15) is 16.7 Å². The van der Waals surface area contributed by atoms with Gasteiger partial charge >= 0.3 is 0 Å². The predicted molar refractivity (Wildman–Crippen MR) is 140 cm³/mol. The molecule has 37 heavy (non-hydrogen) atoms. The Bertz CT molecular complexity index is 1210. The number of azide groups is 1. The molecule has 0 radical (unpaired) electrons. The quantitative estimate of drug-likeness (QED) is 0.112. The van der Waals surface area contributed by atoms with Gasteiger partial charge < -0.3 is 14.2 Å². The maximum Gasteiger partial charge on any atom is 0.264 e. The molecular weight excluding hydrogens is 494 g/mol. The number of hydrogen-bond acceptors (Lipinski definition) is 7. The van der Waals surface area contributed by atoms with Gasteiger partial charge in [0.2, 0.25) is 0 Å². The van der Waals surface area contributed by atoms with Gasteiger partial charge in [0.15, 0.2) is 0 Å². The zero-order valence-corrected chi connectivity index (χ0v) is 21.4. The second-order valence-electron chi connectivity index (χ2n) is 8.35. The van der Waals surface area contributed by atoms with Gasteiger partial charge in [-0.25, -0.2) is 0 Å². The van der Waals surface area contributed by atoms with E-state index in [1.54, 1.807) is 0 Å². The minimum Gasteiger partial charge on any atom is -0.374 e. The average molecular weight is 526 g/mol. The topological polar surface area (TPSA) is 120 Å². The molecule has 0 spiro atoms. The van der Waals surface area contributed by atoms with E-state index in [0.29, 0.717) is 0 Å². The molecule has 0 aromatic heterocycles. The highest BCUT2D eigenvalue weighted by molar-refractivity contribution is 7.86. The van der Waals surface area contributed by atoms with E-state index in [4.69, 9.17) is 23.9 Å². The normalized spacial score (nSPS) is 13.9. The first-order valence-electron chi connectivity index (χ1n) is 11.8. The van der Waals surface area contributed by atoms with Crippen molar-refractivity contribution in [1.82, 2.24) is 0 Å². The Kier molecular flexibility index (Phi) is 11.6. The highest BCUT2D eigenvalue weighted by Gasteiger charge is 2.35. The third kappa shape index (κ3) is 10.7. The highest BCUT2D eigenvalue weighted by atomic mass is 32.2. The SMILES string of the molecule is CS(=O)(=O)O[C@H](COCc1ccccc1)[C@@H](OCc1ccccc1)C(CN=[N+]=[N-])OCc1ccccc1. The fourth-order valence-electron chi connectivity index (χ4n) is 3.64. The summed E-state index contributed by atoms with van der Waals surface area (Å²) in [5, 5.41) is 3.70. The maximum atomic E-state index is 12.2. The van der Waals surface area contributed by atoms with Crippen LogP contribution in [-0.2, 0) is 48.3 Å². The van der Waals surface area contributed by atoms with Crippen molar-refractivity contribution in [2.75, 3.05) is 19.4 Å². The first-order chi connectivity index (χ1) is 17.9. The standard InChI is InChI=1S/C27H31N3O6S/c1-37(31,32)36-26(21-33-18-22-11-5-2-6-12-22)27(35-20-24-15-9-4-10-16-24)25(17-29-30-28)34-19-23-13-7-3-8-14-23/h2-16,25-27H,17-21H2,1H3/t25?,26-,27+/m1/s1. The second-order valence-corrected chi connectivity index (χ2v) is 9.95. The van der Waals surface area contributed by atoms with Crippen LogP contribution < -0.4 is 0 Å². The van der Waals surface area contributed by atoms with E-state index in [0.717, 1.165) is 22.9 Å². The Labute approximate surface area is 217 Å². The predicted octanol–water partition coefficient (Wildman–Crippen LogP) is 5.03. The maximum absolute atomic E-state index is 12.2. The van der Waals surface area contributed by atoms with Crippen LogP contribution in [0.4, 0.5) is 0 Å². The molecule has 0 saturated heterocycles. The molecule has 10 heteroatoms. The van der Waals surface area contributed by atoms with Crippen LogP contribution >= 0.6 is 0 Å². The van der Waals surface area contributed by atoms with Crippen molar-refractivity contribution in [3.8, 4) is 0 Å². The molecule has 196 valence electrons. The summed E-state index contributed by atoms with van der Waals surface area (Å²) >= 11 is 0. The van der Waals surface area contributed by atoms with Gasteiger partial charge in [0, 0.05) is 4.91 Å². The molecule has 0 bridgehead atoms. The van der Waals surface area contributed by atoms with E-state index in [-0.39, 0.29) is 33.0 Å². The first-order valence-corrected chi connectivity index (χ1v) is 13.6. The van der Waals surface area contributed by atoms with Crippen molar-refractivity contribution < 1.29 is 26.8 Å². The van der Waals surface area contributed by atoms with Gasteiger partial charge in [-0.05, 0) is 22.2 Å². The summed E-state index contributed by atoms with van der Waals surface area (Å²) in [6.07, 6.45) is -1.83. The molecule has 0 saturated carbocycles. The summed E-state index contributed by atoms with van der Waals surface area (Å²) in [5.74, 6) is 0. The number of hydrogen-bond donors (Lipinski definition) is 0. The summed E-state index contributed by atoms with van der Waals surface area (Å²) in [6, 6.07) is 28.4. The van der Waals surface area contributed by atoms with Crippen LogP contribution in [0.15, 0.2) is 96.1 Å². The zero-order valence-electron chi connectivity index (χ0n) is 20.6. The van der Waals surface area contributed by atoms with Crippen LogP contribution in [0, 0.1) is 0 Å². The molecule has 3 aromatic rings. The molecular formula is C27H31N3O6S. The lowest BCUT2D eigenvalue weighted by atomic mass is 10.1. The zero-order chi connectivity index (χ0) is 26.3. The largest absolute Gasteiger partial charge is 0.374 e. The molecule has 3 aromatic carbocycles. The number of rotatable bonds is 16. The number of benzene rings is 3. The second kappa shape index (κ2) is 15.1. The lowest BCUT2D eigenvalue weighted by Crippen LogP contribution is -2.47. The summed E-state index contributed by atoms with van der Waals surface area (Å²) in [6.45, 7) is 0.430. The molecule has 1 unspecified atom stereocenters. The molecule has 0 amide bonds. The minimum absolute atomic E-state index is 0.0922. The Morgan fingerprint density at radius 2 is 1.24 bits per heavy atom. The molecule has 0 aliphatic carbocycles. The summed E-state index contributed by atoms with van der Waals surface area (Å²) in [7, 11) is -3.89. The third-order valence-electron chi connectivity index (χ3n) is 5.34. The average Bonchev–Trinajstić information content (AvgIpc) is 2.90. The van der Waals surface area contributed by atoms with E-state index in [1.807, 2.05) is 91.0 Å². The van der Waals surface area contributed by atoms with E-state index in [9.17, 15) is 8.42 Å². The van der Waals surface area contributed by atoms with Gasteiger partial charge in [0.25, 0.3) is 10.1 Å². The van der Waals surface area contributed by atoms with Crippen LogP contribution in [0.5, 0.6) is 0 Å². The van der Waals surface area contributed by atoms with Crippen molar-refractivity contribution >= 4 is 10.1 Å². The molecule has 3 rings (SSSR count). The third-order valence-corrected chi connectivity index (χ3v) is 5.94. The van der Waals surface area contributed by atoms with Crippen LogP contribution in [0.3, 0.4) is 0 Å². The highest BCUT2D eigenvalue weighted by Crippen LogP contribution is 2.20. The fraction of sp³-hybridized carbons (Fsp3) is 0.333. The molecule has 9 nitrogen and oxygen atoms in total. The molecule has 0 heterocycles. The van der Waals surface area contributed by atoms with E-state index < -0.39 is 28.4 Å². The van der Waals surface area contributed by atoms with E-state index >= 15 is 0 Å². The lowest BCUT2D eigenvalue weighted by molar-refractivity contribution is -0.136. The fourth-order valence-corrected chi connectivity index (χ4v) is 4.25. The molecule has 0 aliphatic heterocycles. The van der Waals surface area contributed by atoms with E-state index in [1.165, 1.54) is 0 Å². The minimum atomic E-state index is -3.89. The Balaban J connectivity index is 1.85. The Morgan fingerprint density at radius 3 is 1.73 bits per heavy atom. The summed E-state index contributed by atoms with van der Waals surface area (Å²) in [4.78, 5) is 2.87. The van der Waals surface area contributed by atoms with Gasteiger partial charge in [-0.15, -0.1) is 0 Å². The van der Waals surface area contributed by atoms with Gasteiger partial charge in [0.1, 0.15) is 12.2 Å². The first kappa shape index (κ1) is 28.3. The number of nitrogens with zero attached hydrogens (tertiary/aromatic N) is 3. The molecule has 3 atom stereocenters. The van der Waals surface area contributed by atoms with Crippen molar-refractivity contribution in [2.24, 2.45) is 5.11 Å². The Morgan fingerprint density at radius 1 is 0.757 bits per heavy atom. The molecule has 0 N–H and O–H groups in total. The van der Waals surface area contributed by atoms with Gasteiger partial charge in [-0.2, -0.15) is 8.42 Å². The summed E-state index contributed by atoms with van der Waals surface area (Å²) in [5.41, 5.74) is 11.7. The van der Waals surface area contributed by atoms with Crippen LogP contribution in [0.2, 0.25) is 0 Å². The monoisotopic (exact) mass is 525 g/mol. The molecule has 0 fully saturated rings. The summed E-state index contributed by atoms with van der Waals surface area (Å²) < 4.78 is 48.1. The smallest absolute Gasteiger partial charge is 0.264 e. The van der Waals surface area contributed by atoms with Crippen molar-refractivity contribution in [1.29, 1.82) is 0 Å². The van der Waals surface area contributed by atoms with Crippen molar-refractivity contribution in [2.45, 2.75) is 38.1 Å². The van der Waals surface area contributed by atoms with Gasteiger partial charge in [0.05, 0.1) is 45.3 Å². The van der Waals surface area contributed by atoms with Crippen LogP contribution in [-0.4, -0.2) is 46.1 Å².